The standard InChI is InChI=1S/C39H48N2O6/c1-23(2)27-20-39-16-13-30-37(3,14-8-15-38(30,4)36(44)45-5)31(39)19-26(27)32-28(46-34(42)24-9-6-17-40-21-24)11-12-29(33(32)39)47-35(43)25-10-7-18-41-22-25/h6-7,9-10,17-18,20-23,26,28-33H,8,11-16,19H2,1-5H3/t26-,28-,29-,30+,31+,32-,33+,37-,38+,39-/m0/s1. The van der Waals surface area contributed by atoms with Gasteiger partial charge < -0.3 is 14.2 Å². The van der Waals surface area contributed by atoms with Gasteiger partial charge in [0.2, 0.25) is 0 Å². The normalized spacial score (nSPS) is 38.7. The van der Waals surface area contributed by atoms with Crippen molar-refractivity contribution < 1.29 is 28.6 Å². The van der Waals surface area contributed by atoms with Gasteiger partial charge in [-0.25, -0.2) is 9.59 Å². The largest absolute Gasteiger partial charge is 0.469 e. The lowest BCUT2D eigenvalue weighted by molar-refractivity contribution is -0.228. The lowest BCUT2D eigenvalue weighted by atomic mass is 9.33. The number of ether oxygens (including phenoxy) is 3. The van der Waals surface area contributed by atoms with Gasteiger partial charge in [0.25, 0.3) is 0 Å². The molecule has 0 aliphatic heterocycles. The van der Waals surface area contributed by atoms with Crippen LogP contribution in [0.25, 0.3) is 0 Å². The summed E-state index contributed by atoms with van der Waals surface area (Å²) in [7, 11) is 1.52. The Morgan fingerprint density at radius 1 is 0.851 bits per heavy atom. The molecule has 4 saturated carbocycles. The molecule has 4 fully saturated rings. The number of esters is 3. The number of hydrogen-bond acceptors (Lipinski definition) is 8. The number of rotatable bonds is 6. The van der Waals surface area contributed by atoms with Gasteiger partial charge in [-0.3, -0.25) is 14.8 Å². The Bertz CT molecular complexity index is 1560. The summed E-state index contributed by atoms with van der Waals surface area (Å²) in [5, 5.41) is 0. The molecular formula is C39H48N2O6. The number of fused-ring (bicyclic) bond motifs is 1. The molecule has 6 aliphatic rings. The number of aromatic nitrogens is 2. The zero-order valence-electron chi connectivity index (χ0n) is 28.3. The smallest absolute Gasteiger partial charge is 0.339 e. The van der Waals surface area contributed by atoms with Gasteiger partial charge in [-0.15, -0.1) is 0 Å². The van der Waals surface area contributed by atoms with Crippen LogP contribution in [0.5, 0.6) is 0 Å². The highest BCUT2D eigenvalue weighted by Gasteiger charge is 2.71. The first-order valence-corrected chi connectivity index (χ1v) is 17.6. The topological polar surface area (TPSA) is 105 Å². The Morgan fingerprint density at radius 3 is 2.09 bits per heavy atom. The van der Waals surface area contributed by atoms with Gasteiger partial charge in [0.1, 0.15) is 12.2 Å². The maximum absolute atomic E-state index is 13.6. The van der Waals surface area contributed by atoms with Crippen LogP contribution < -0.4 is 0 Å². The molecule has 2 aromatic rings. The Hall–Kier alpha value is -3.55. The fraction of sp³-hybridized carbons (Fsp3) is 0.615. The number of hydrogen-bond donors (Lipinski definition) is 0. The summed E-state index contributed by atoms with van der Waals surface area (Å²) in [5.74, 6) is 0.235. The van der Waals surface area contributed by atoms with Crippen molar-refractivity contribution >= 4 is 17.9 Å². The Balaban J connectivity index is 1.32. The molecule has 0 saturated heterocycles. The van der Waals surface area contributed by atoms with Crippen molar-refractivity contribution in [3.63, 3.8) is 0 Å². The molecule has 0 amide bonds. The number of allylic oxidation sites excluding steroid dienone is 2. The van der Waals surface area contributed by atoms with Crippen LogP contribution in [0.1, 0.15) is 99.8 Å². The number of pyridine rings is 2. The molecule has 8 nitrogen and oxygen atoms in total. The maximum atomic E-state index is 13.6. The summed E-state index contributed by atoms with van der Waals surface area (Å²) in [6.45, 7) is 9.11. The fourth-order valence-electron chi connectivity index (χ4n) is 11.6. The SMILES string of the molecule is COC(=O)[C@]1(C)CCC[C@]2(C)[C@H]3C[C@H]4C(C(C)C)=C[C@]3(CC[C@H]21)[C@H]1[C@@H]4[C@@H](OC(=O)c2cccnc2)CC[C@@H]1OC(=O)c1cccnc1. The van der Waals surface area contributed by atoms with E-state index in [1.807, 2.05) is 0 Å². The quantitative estimate of drug-likeness (QED) is 0.185. The predicted molar refractivity (Wildman–Crippen MR) is 175 cm³/mol. The van der Waals surface area contributed by atoms with Crippen molar-refractivity contribution in [1.29, 1.82) is 0 Å². The Kier molecular flexibility index (Phi) is 8.07. The first kappa shape index (κ1) is 32.0. The highest BCUT2D eigenvalue weighted by atomic mass is 16.6. The first-order valence-electron chi connectivity index (χ1n) is 17.6. The van der Waals surface area contributed by atoms with E-state index in [9.17, 15) is 14.4 Å². The molecule has 2 bridgehead atoms. The van der Waals surface area contributed by atoms with Gasteiger partial charge in [0, 0.05) is 36.6 Å². The highest BCUT2D eigenvalue weighted by Crippen LogP contribution is 2.75. The molecule has 2 heterocycles. The van der Waals surface area contributed by atoms with E-state index in [4.69, 9.17) is 14.2 Å². The van der Waals surface area contributed by atoms with E-state index >= 15 is 0 Å². The van der Waals surface area contributed by atoms with E-state index in [0.29, 0.717) is 35.8 Å². The molecule has 0 unspecified atom stereocenters. The third-order valence-electron chi connectivity index (χ3n) is 13.3. The third-order valence-corrected chi connectivity index (χ3v) is 13.3. The molecule has 250 valence electrons. The minimum absolute atomic E-state index is 0.0149. The van der Waals surface area contributed by atoms with Crippen LogP contribution in [0.4, 0.5) is 0 Å². The average Bonchev–Trinajstić information content (AvgIpc) is 3.08. The molecule has 47 heavy (non-hydrogen) atoms. The minimum Gasteiger partial charge on any atom is -0.469 e. The average molecular weight is 641 g/mol. The van der Waals surface area contributed by atoms with Gasteiger partial charge in [0.05, 0.1) is 23.7 Å². The monoisotopic (exact) mass is 640 g/mol. The van der Waals surface area contributed by atoms with Crippen molar-refractivity contribution in [2.24, 2.45) is 51.8 Å². The molecule has 2 aromatic heterocycles. The summed E-state index contributed by atoms with van der Waals surface area (Å²) in [6.07, 6.45) is 15.3. The second-order valence-corrected chi connectivity index (χ2v) is 15.7. The zero-order valence-corrected chi connectivity index (χ0v) is 28.3. The van der Waals surface area contributed by atoms with E-state index in [2.05, 4.69) is 43.7 Å². The van der Waals surface area contributed by atoms with Crippen LogP contribution in [0.3, 0.4) is 0 Å². The molecule has 0 radical (unpaired) electrons. The van der Waals surface area contributed by atoms with Gasteiger partial charge in [-0.05, 0) is 111 Å². The van der Waals surface area contributed by atoms with E-state index in [0.717, 1.165) is 38.5 Å². The summed E-state index contributed by atoms with van der Waals surface area (Å²) in [4.78, 5) is 48.9. The van der Waals surface area contributed by atoms with Gasteiger partial charge in [0.15, 0.2) is 0 Å². The van der Waals surface area contributed by atoms with E-state index in [-0.39, 0.29) is 64.6 Å². The lowest BCUT2D eigenvalue weighted by Gasteiger charge is -2.71. The molecule has 1 spiro atoms. The Labute approximate surface area is 278 Å². The Morgan fingerprint density at radius 2 is 1.49 bits per heavy atom. The second-order valence-electron chi connectivity index (χ2n) is 15.7. The van der Waals surface area contributed by atoms with Crippen LogP contribution in [0, 0.1) is 51.8 Å². The van der Waals surface area contributed by atoms with E-state index < -0.39 is 5.41 Å². The summed E-state index contributed by atoms with van der Waals surface area (Å²) in [5.41, 5.74) is 1.47. The first-order chi connectivity index (χ1) is 22.5. The molecule has 6 aliphatic carbocycles. The molecule has 8 heteroatoms. The molecule has 8 rings (SSSR count). The van der Waals surface area contributed by atoms with E-state index in [1.54, 1.807) is 49.1 Å². The van der Waals surface area contributed by atoms with Crippen molar-refractivity contribution in [3.8, 4) is 0 Å². The van der Waals surface area contributed by atoms with Crippen molar-refractivity contribution in [2.75, 3.05) is 7.11 Å². The number of carbonyl (C=O) groups is 3. The number of methoxy groups -OCH3 is 1. The van der Waals surface area contributed by atoms with Crippen LogP contribution in [0.15, 0.2) is 60.7 Å². The third kappa shape index (κ3) is 4.95. The number of nitrogens with zero attached hydrogens (tertiary/aromatic N) is 2. The molecule has 0 aromatic carbocycles. The molecule has 0 N–H and O–H groups in total. The fourth-order valence-corrected chi connectivity index (χ4v) is 11.6. The maximum Gasteiger partial charge on any atom is 0.339 e. The van der Waals surface area contributed by atoms with Crippen molar-refractivity contribution in [2.45, 2.75) is 91.3 Å². The highest BCUT2D eigenvalue weighted by molar-refractivity contribution is 5.89. The predicted octanol–water partition coefficient (Wildman–Crippen LogP) is 7.25. The van der Waals surface area contributed by atoms with Gasteiger partial charge in [-0.2, -0.15) is 0 Å². The minimum atomic E-state index is -0.523. The van der Waals surface area contributed by atoms with Gasteiger partial charge in [-0.1, -0.05) is 38.8 Å². The van der Waals surface area contributed by atoms with Crippen molar-refractivity contribution in [1.82, 2.24) is 9.97 Å². The van der Waals surface area contributed by atoms with Crippen molar-refractivity contribution in [3.05, 3.63) is 71.8 Å². The summed E-state index contributed by atoms with van der Waals surface area (Å²) in [6, 6.07) is 7.01. The van der Waals surface area contributed by atoms with Crippen LogP contribution >= 0.6 is 0 Å². The zero-order chi connectivity index (χ0) is 33.1. The summed E-state index contributed by atoms with van der Waals surface area (Å²) >= 11 is 0. The summed E-state index contributed by atoms with van der Waals surface area (Å²) < 4.78 is 18.4. The lowest BCUT2D eigenvalue weighted by Crippen LogP contribution is -2.68. The van der Waals surface area contributed by atoms with Crippen LogP contribution in [-0.2, 0) is 19.0 Å². The molecular weight excluding hydrogens is 592 g/mol. The van der Waals surface area contributed by atoms with E-state index in [1.165, 1.54) is 12.7 Å². The van der Waals surface area contributed by atoms with Crippen LogP contribution in [-0.4, -0.2) is 47.2 Å². The second kappa shape index (κ2) is 11.9. The van der Waals surface area contributed by atoms with Crippen LogP contribution in [0.2, 0.25) is 0 Å². The molecule has 10 atom stereocenters. The van der Waals surface area contributed by atoms with Gasteiger partial charge >= 0.3 is 17.9 Å². The number of carbonyl (C=O) groups excluding carboxylic acids is 3.